The first-order valence-corrected chi connectivity index (χ1v) is 11.6. The maximum Gasteiger partial charge on any atom is 0.227 e. The van der Waals surface area contributed by atoms with Crippen LogP contribution >= 0.6 is 0 Å². The number of rotatable bonds is 11. The van der Waals surface area contributed by atoms with Gasteiger partial charge in [0.2, 0.25) is 11.9 Å². The summed E-state index contributed by atoms with van der Waals surface area (Å²) in [5, 5.41) is 15.2. The summed E-state index contributed by atoms with van der Waals surface area (Å²) in [6.07, 6.45) is 7.31. The van der Waals surface area contributed by atoms with Crippen LogP contribution < -0.4 is 16.4 Å². The third-order valence-corrected chi connectivity index (χ3v) is 5.52. The maximum atomic E-state index is 12.5. The molecule has 0 saturated heterocycles. The largest absolute Gasteiger partial charge is 0.356 e. The van der Waals surface area contributed by atoms with E-state index in [1.54, 1.807) is 10.7 Å². The number of nitrogens with one attached hydrogen (secondary N) is 2. The Morgan fingerprint density at radius 2 is 1.97 bits per heavy atom. The highest BCUT2D eigenvalue weighted by molar-refractivity contribution is 5.78. The Kier molecular flexibility index (Phi) is 7.48. The quantitative estimate of drug-likeness (QED) is 0.293. The first-order valence-electron chi connectivity index (χ1n) is 11.6. The molecule has 3 heterocycles. The molecule has 10 heteroatoms. The zero-order chi connectivity index (χ0) is 23.9. The van der Waals surface area contributed by atoms with Crippen molar-refractivity contribution in [3.63, 3.8) is 0 Å². The summed E-state index contributed by atoms with van der Waals surface area (Å²) in [4.78, 5) is 21.8. The Balaban J connectivity index is 1.59. The molecule has 0 radical (unpaired) electrons. The monoisotopic (exact) mass is 461 g/mol. The first-order chi connectivity index (χ1) is 16.6. The fraction of sp³-hybridized carbons (Fsp3) is 0.375. The molecule has 0 aliphatic carbocycles. The fourth-order valence-electron chi connectivity index (χ4n) is 3.71. The minimum absolute atomic E-state index is 0.0976. The van der Waals surface area contributed by atoms with Gasteiger partial charge in [0, 0.05) is 31.0 Å². The Hall–Kier alpha value is -3.79. The van der Waals surface area contributed by atoms with Crippen LogP contribution in [0.3, 0.4) is 0 Å². The SMILES string of the molecule is CC(C)c1cnn2c(NCc3ccccc3-n3cccn3)nc(CC(=O)NCCCCN)nc12. The minimum Gasteiger partial charge on any atom is -0.356 e. The van der Waals surface area contributed by atoms with E-state index in [-0.39, 0.29) is 18.2 Å². The van der Waals surface area contributed by atoms with Gasteiger partial charge >= 0.3 is 0 Å². The molecule has 178 valence electrons. The number of unbranched alkanes of at least 4 members (excludes halogenated alkanes) is 1. The molecular formula is C24H31N9O. The second-order valence-corrected chi connectivity index (χ2v) is 8.41. The lowest BCUT2D eigenvalue weighted by molar-refractivity contribution is -0.120. The van der Waals surface area contributed by atoms with Crippen molar-refractivity contribution < 1.29 is 4.79 Å². The van der Waals surface area contributed by atoms with Crippen LogP contribution in [0.1, 0.15) is 49.6 Å². The molecule has 0 atom stereocenters. The lowest BCUT2D eigenvalue weighted by Gasteiger charge is -2.13. The van der Waals surface area contributed by atoms with Gasteiger partial charge in [0.05, 0.1) is 18.3 Å². The topological polar surface area (TPSA) is 128 Å². The van der Waals surface area contributed by atoms with E-state index in [0.29, 0.717) is 37.1 Å². The van der Waals surface area contributed by atoms with Crippen LogP contribution in [0.15, 0.2) is 48.9 Å². The van der Waals surface area contributed by atoms with Crippen molar-refractivity contribution in [3.8, 4) is 5.69 Å². The van der Waals surface area contributed by atoms with Gasteiger partial charge in [-0.05, 0) is 43.0 Å². The summed E-state index contributed by atoms with van der Waals surface area (Å²) in [6.45, 7) is 5.90. The molecule has 3 aromatic heterocycles. The van der Waals surface area contributed by atoms with Crippen LogP contribution in [0.4, 0.5) is 5.95 Å². The predicted octanol–water partition coefficient (Wildman–Crippen LogP) is 2.44. The van der Waals surface area contributed by atoms with Crippen LogP contribution in [-0.2, 0) is 17.8 Å². The Morgan fingerprint density at radius 3 is 2.74 bits per heavy atom. The molecule has 34 heavy (non-hydrogen) atoms. The zero-order valence-electron chi connectivity index (χ0n) is 19.6. The highest BCUT2D eigenvalue weighted by Gasteiger charge is 2.17. The second-order valence-electron chi connectivity index (χ2n) is 8.41. The summed E-state index contributed by atoms with van der Waals surface area (Å²) in [5.74, 6) is 1.12. The molecule has 0 aliphatic rings. The van der Waals surface area contributed by atoms with Crippen molar-refractivity contribution in [1.82, 2.24) is 34.7 Å². The number of hydrogen-bond acceptors (Lipinski definition) is 7. The number of hydrogen-bond donors (Lipinski definition) is 3. The highest BCUT2D eigenvalue weighted by Crippen LogP contribution is 2.22. The number of benzene rings is 1. The van der Waals surface area contributed by atoms with E-state index in [2.05, 4.69) is 44.6 Å². The molecule has 0 fully saturated rings. The molecule has 0 saturated carbocycles. The van der Waals surface area contributed by atoms with Gasteiger partial charge in [-0.25, -0.2) is 9.67 Å². The van der Waals surface area contributed by atoms with E-state index < -0.39 is 0 Å². The van der Waals surface area contributed by atoms with Crippen molar-refractivity contribution in [2.24, 2.45) is 5.73 Å². The third kappa shape index (κ3) is 5.40. The molecule has 1 aromatic carbocycles. The first kappa shape index (κ1) is 23.4. The normalized spacial score (nSPS) is 11.3. The van der Waals surface area contributed by atoms with E-state index in [9.17, 15) is 4.79 Å². The number of amides is 1. The van der Waals surface area contributed by atoms with E-state index in [1.165, 1.54) is 0 Å². The maximum absolute atomic E-state index is 12.5. The smallest absolute Gasteiger partial charge is 0.227 e. The van der Waals surface area contributed by atoms with Gasteiger partial charge in [-0.2, -0.15) is 19.7 Å². The summed E-state index contributed by atoms with van der Waals surface area (Å²) in [5.41, 5.74) is 9.26. The van der Waals surface area contributed by atoms with Gasteiger partial charge in [-0.1, -0.05) is 32.0 Å². The lowest BCUT2D eigenvalue weighted by Crippen LogP contribution is -2.27. The fourth-order valence-corrected chi connectivity index (χ4v) is 3.71. The zero-order valence-corrected chi connectivity index (χ0v) is 19.6. The van der Waals surface area contributed by atoms with Gasteiger partial charge in [0.25, 0.3) is 0 Å². The van der Waals surface area contributed by atoms with Gasteiger partial charge in [0.1, 0.15) is 5.82 Å². The minimum atomic E-state index is -0.109. The molecule has 0 aliphatic heterocycles. The van der Waals surface area contributed by atoms with Crippen molar-refractivity contribution in [3.05, 3.63) is 65.9 Å². The van der Waals surface area contributed by atoms with E-state index >= 15 is 0 Å². The number of nitrogens with two attached hydrogens (primary N) is 1. The van der Waals surface area contributed by atoms with Crippen molar-refractivity contribution in [2.75, 3.05) is 18.4 Å². The summed E-state index contributed by atoms with van der Waals surface area (Å²) in [7, 11) is 0. The molecule has 1 amide bonds. The van der Waals surface area contributed by atoms with Gasteiger partial charge in [-0.3, -0.25) is 4.79 Å². The van der Waals surface area contributed by atoms with Crippen LogP contribution in [0.2, 0.25) is 0 Å². The molecule has 4 rings (SSSR count). The third-order valence-electron chi connectivity index (χ3n) is 5.52. The summed E-state index contributed by atoms with van der Waals surface area (Å²) in [6, 6.07) is 9.93. The second kappa shape index (κ2) is 10.9. The van der Waals surface area contributed by atoms with Crippen molar-refractivity contribution >= 4 is 17.5 Å². The van der Waals surface area contributed by atoms with Crippen LogP contribution in [0, 0.1) is 0 Å². The van der Waals surface area contributed by atoms with Crippen LogP contribution in [0.25, 0.3) is 11.3 Å². The average molecular weight is 462 g/mol. The molecule has 4 aromatic rings. The number of para-hydroxylation sites is 1. The van der Waals surface area contributed by atoms with Crippen molar-refractivity contribution in [2.45, 2.75) is 45.6 Å². The predicted molar refractivity (Wildman–Crippen MR) is 131 cm³/mol. The van der Waals surface area contributed by atoms with E-state index in [1.807, 2.05) is 47.4 Å². The van der Waals surface area contributed by atoms with E-state index in [0.717, 1.165) is 29.7 Å². The molecule has 0 unspecified atom stereocenters. The van der Waals surface area contributed by atoms with Gasteiger partial charge in [0.15, 0.2) is 5.65 Å². The molecule has 0 spiro atoms. The van der Waals surface area contributed by atoms with Gasteiger partial charge in [-0.15, -0.1) is 0 Å². The molecular weight excluding hydrogens is 430 g/mol. The summed E-state index contributed by atoms with van der Waals surface area (Å²) >= 11 is 0. The molecule has 4 N–H and O–H groups in total. The van der Waals surface area contributed by atoms with Gasteiger partial charge < -0.3 is 16.4 Å². The average Bonchev–Trinajstić information content (AvgIpc) is 3.51. The summed E-state index contributed by atoms with van der Waals surface area (Å²) < 4.78 is 3.53. The van der Waals surface area contributed by atoms with Crippen LogP contribution in [0.5, 0.6) is 0 Å². The van der Waals surface area contributed by atoms with E-state index in [4.69, 9.17) is 5.73 Å². The molecule has 10 nitrogen and oxygen atoms in total. The standard InChI is InChI=1S/C24H31N9O/c1-17(2)19-16-29-33-23(19)30-21(14-22(34)26-11-6-5-10-25)31-24(33)27-15-18-8-3-4-9-20(18)32-13-7-12-28-32/h3-4,7-9,12-13,16-17H,5-6,10-11,14-15,25H2,1-2H3,(H,26,34)(H,27,30,31). The number of carbonyl (C=O) groups is 1. The Labute approximate surface area is 198 Å². The number of anilines is 1. The Bertz CT molecular complexity index is 1230. The number of carbonyl (C=O) groups excluding carboxylic acids is 1. The number of fused-ring (bicyclic) bond motifs is 1. The number of aromatic nitrogens is 6. The number of nitrogens with zero attached hydrogens (tertiary/aromatic N) is 6. The lowest BCUT2D eigenvalue weighted by atomic mass is 10.1. The Morgan fingerprint density at radius 1 is 1.12 bits per heavy atom. The highest BCUT2D eigenvalue weighted by atomic mass is 16.1. The van der Waals surface area contributed by atoms with Crippen LogP contribution in [-0.4, -0.2) is 48.4 Å². The molecule has 0 bridgehead atoms. The van der Waals surface area contributed by atoms with Crippen molar-refractivity contribution in [1.29, 1.82) is 0 Å².